The van der Waals surface area contributed by atoms with Crippen LogP contribution in [-0.4, -0.2) is 10.7 Å². The predicted molar refractivity (Wildman–Crippen MR) is 72.0 cm³/mol. The van der Waals surface area contributed by atoms with Crippen molar-refractivity contribution >= 4 is 23.1 Å². The van der Waals surface area contributed by atoms with Crippen molar-refractivity contribution in [3.63, 3.8) is 0 Å². The van der Waals surface area contributed by atoms with Crippen molar-refractivity contribution in [3.05, 3.63) is 40.3 Å². The first kappa shape index (κ1) is 11.1. The van der Waals surface area contributed by atoms with Crippen LogP contribution >= 0.6 is 23.1 Å². The lowest BCUT2D eigenvalue weighted by Crippen LogP contribution is -2.14. The molecule has 17 heavy (non-hydrogen) atoms. The molecule has 0 amide bonds. The van der Waals surface area contributed by atoms with Gasteiger partial charge in [0.1, 0.15) is 10.8 Å². The molecule has 0 aliphatic carbocycles. The quantitative estimate of drug-likeness (QED) is 0.819. The van der Waals surface area contributed by atoms with Crippen LogP contribution in [0.15, 0.2) is 34.5 Å². The van der Waals surface area contributed by atoms with Gasteiger partial charge in [-0.25, -0.2) is 4.98 Å². The van der Waals surface area contributed by atoms with Crippen molar-refractivity contribution in [2.24, 2.45) is 0 Å². The Hall–Kier alpha value is -1.00. The van der Waals surface area contributed by atoms with E-state index in [4.69, 9.17) is 4.74 Å². The lowest BCUT2D eigenvalue weighted by atomic mass is 10.3. The number of benzene rings is 1. The third kappa shape index (κ3) is 2.19. The van der Waals surface area contributed by atoms with Crippen molar-refractivity contribution in [2.75, 3.05) is 5.75 Å². The van der Waals surface area contributed by atoms with Gasteiger partial charge < -0.3 is 4.74 Å². The largest absolute Gasteiger partial charge is 0.481 e. The zero-order valence-corrected chi connectivity index (χ0v) is 11.2. The second-order valence-corrected chi connectivity index (χ2v) is 5.85. The van der Waals surface area contributed by atoms with E-state index in [1.165, 1.54) is 4.90 Å². The molecular weight excluding hydrogens is 250 g/mol. The fraction of sp³-hybridized carbons (Fsp3) is 0.308. The zero-order chi connectivity index (χ0) is 11.7. The number of nitrogens with zero attached hydrogens (tertiary/aromatic N) is 1. The summed E-state index contributed by atoms with van der Waals surface area (Å²) < 4.78 is 6.00. The van der Waals surface area contributed by atoms with E-state index in [9.17, 15) is 0 Å². The number of fused-ring (bicyclic) bond motifs is 1. The van der Waals surface area contributed by atoms with E-state index >= 15 is 0 Å². The summed E-state index contributed by atoms with van der Waals surface area (Å²) in [6, 6.07) is 8.20. The molecule has 3 rings (SSSR count). The highest BCUT2D eigenvalue weighted by molar-refractivity contribution is 7.99. The Balaban J connectivity index is 1.84. The Kier molecular flexibility index (Phi) is 3.07. The van der Waals surface area contributed by atoms with Gasteiger partial charge in [0.05, 0.1) is 5.69 Å². The van der Waals surface area contributed by atoms with Gasteiger partial charge in [0.15, 0.2) is 6.10 Å². The predicted octanol–water partition coefficient (Wildman–Crippen LogP) is 3.93. The molecule has 0 radical (unpaired) electrons. The van der Waals surface area contributed by atoms with Crippen molar-refractivity contribution in [2.45, 2.75) is 24.3 Å². The SMILES string of the molecule is CCc1csc(C2CSc3ccccc3O2)n1. The van der Waals surface area contributed by atoms with E-state index < -0.39 is 0 Å². The lowest BCUT2D eigenvalue weighted by Gasteiger charge is -2.23. The van der Waals surface area contributed by atoms with Crippen molar-refractivity contribution in [3.8, 4) is 5.75 Å². The maximum Gasteiger partial charge on any atom is 0.159 e. The molecule has 1 atom stereocenters. The maximum absolute atomic E-state index is 6.00. The number of ether oxygens (including phenoxy) is 1. The van der Waals surface area contributed by atoms with Crippen LogP contribution in [0.1, 0.15) is 23.7 Å². The second kappa shape index (κ2) is 4.70. The summed E-state index contributed by atoms with van der Waals surface area (Å²) in [4.78, 5) is 5.84. The van der Waals surface area contributed by atoms with Gasteiger partial charge in [0.25, 0.3) is 0 Å². The molecule has 2 nitrogen and oxygen atoms in total. The topological polar surface area (TPSA) is 22.1 Å². The van der Waals surface area contributed by atoms with Crippen LogP contribution in [-0.2, 0) is 6.42 Å². The Morgan fingerprint density at radius 2 is 2.29 bits per heavy atom. The summed E-state index contributed by atoms with van der Waals surface area (Å²) in [5.74, 6) is 1.94. The first-order valence-electron chi connectivity index (χ1n) is 5.69. The molecular formula is C13H13NOS2. The van der Waals surface area contributed by atoms with Crippen LogP contribution in [0, 0.1) is 0 Å². The molecule has 0 saturated heterocycles. The minimum atomic E-state index is 0.111. The molecule has 0 bridgehead atoms. The number of hydrogen-bond acceptors (Lipinski definition) is 4. The van der Waals surface area contributed by atoms with E-state index in [2.05, 4.69) is 23.4 Å². The summed E-state index contributed by atoms with van der Waals surface area (Å²) in [6.07, 6.45) is 1.10. The number of rotatable bonds is 2. The monoisotopic (exact) mass is 263 g/mol. The molecule has 4 heteroatoms. The van der Waals surface area contributed by atoms with E-state index in [0.29, 0.717) is 0 Å². The Bertz CT molecular complexity index is 524. The van der Waals surface area contributed by atoms with E-state index in [1.807, 2.05) is 30.0 Å². The number of hydrogen-bond donors (Lipinski definition) is 0. The van der Waals surface area contributed by atoms with Gasteiger partial charge in [-0.1, -0.05) is 19.1 Å². The first-order chi connectivity index (χ1) is 8.36. The van der Waals surface area contributed by atoms with E-state index in [0.717, 1.165) is 28.6 Å². The molecule has 0 fully saturated rings. The maximum atomic E-state index is 6.00. The van der Waals surface area contributed by atoms with Crippen LogP contribution in [0.3, 0.4) is 0 Å². The van der Waals surface area contributed by atoms with Gasteiger partial charge in [-0.15, -0.1) is 23.1 Å². The summed E-state index contributed by atoms with van der Waals surface area (Å²) in [5.41, 5.74) is 1.16. The van der Waals surface area contributed by atoms with Crippen LogP contribution in [0.4, 0.5) is 0 Å². The number of para-hydroxylation sites is 1. The Morgan fingerprint density at radius 3 is 3.12 bits per heavy atom. The highest BCUT2D eigenvalue weighted by Gasteiger charge is 2.23. The van der Waals surface area contributed by atoms with Gasteiger partial charge in [-0.2, -0.15) is 0 Å². The smallest absolute Gasteiger partial charge is 0.159 e. The first-order valence-corrected chi connectivity index (χ1v) is 7.56. The van der Waals surface area contributed by atoms with Gasteiger partial charge in [-0.3, -0.25) is 0 Å². The average molecular weight is 263 g/mol. The fourth-order valence-electron chi connectivity index (χ4n) is 1.77. The van der Waals surface area contributed by atoms with E-state index in [1.54, 1.807) is 11.3 Å². The van der Waals surface area contributed by atoms with Crippen LogP contribution in [0.2, 0.25) is 0 Å². The summed E-state index contributed by atoms with van der Waals surface area (Å²) in [6.45, 7) is 2.13. The molecule has 1 aromatic carbocycles. The van der Waals surface area contributed by atoms with Gasteiger partial charge in [-0.05, 0) is 18.6 Å². The average Bonchev–Trinajstić information content (AvgIpc) is 2.87. The number of aromatic nitrogens is 1. The minimum Gasteiger partial charge on any atom is -0.481 e. The molecule has 0 N–H and O–H groups in total. The molecule has 1 aliphatic heterocycles. The molecule has 2 heterocycles. The van der Waals surface area contributed by atoms with Crippen LogP contribution < -0.4 is 4.74 Å². The second-order valence-electron chi connectivity index (χ2n) is 3.89. The minimum absolute atomic E-state index is 0.111. The van der Waals surface area contributed by atoms with Gasteiger partial charge >= 0.3 is 0 Å². The molecule has 0 saturated carbocycles. The molecule has 1 aromatic heterocycles. The van der Waals surface area contributed by atoms with Crippen LogP contribution in [0.25, 0.3) is 0 Å². The molecule has 0 spiro atoms. The third-order valence-corrected chi connectivity index (χ3v) is 4.82. The third-order valence-electron chi connectivity index (χ3n) is 2.72. The van der Waals surface area contributed by atoms with Crippen LogP contribution in [0.5, 0.6) is 5.75 Å². The molecule has 1 aliphatic rings. The Labute approximate surface area is 109 Å². The zero-order valence-electron chi connectivity index (χ0n) is 9.55. The summed E-state index contributed by atoms with van der Waals surface area (Å²) in [7, 11) is 0. The van der Waals surface area contributed by atoms with Gasteiger partial charge in [0, 0.05) is 16.0 Å². The summed E-state index contributed by atoms with van der Waals surface area (Å²) in [5, 5.41) is 3.23. The normalized spacial score (nSPS) is 18.5. The highest BCUT2D eigenvalue weighted by Crippen LogP contribution is 2.40. The summed E-state index contributed by atoms with van der Waals surface area (Å²) >= 11 is 3.56. The standard InChI is InChI=1S/C13H13NOS2/c1-2-9-7-17-13(14-9)11-8-16-12-6-4-3-5-10(12)15-11/h3-7,11H,2,8H2,1H3. The molecule has 2 aromatic rings. The molecule has 1 unspecified atom stereocenters. The number of aryl methyl sites for hydroxylation is 1. The van der Waals surface area contributed by atoms with Crippen molar-refractivity contribution < 1.29 is 4.74 Å². The lowest BCUT2D eigenvalue weighted by molar-refractivity contribution is 0.219. The van der Waals surface area contributed by atoms with Crippen molar-refractivity contribution in [1.82, 2.24) is 4.98 Å². The Morgan fingerprint density at radius 1 is 1.41 bits per heavy atom. The highest BCUT2D eigenvalue weighted by atomic mass is 32.2. The molecule has 88 valence electrons. The van der Waals surface area contributed by atoms with Gasteiger partial charge in [0.2, 0.25) is 0 Å². The number of thiazole rings is 1. The van der Waals surface area contributed by atoms with Crippen molar-refractivity contribution in [1.29, 1.82) is 0 Å². The van der Waals surface area contributed by atoms with E-state index in [-0.39, 0.29) is 6.10 Å². The number of thioether (sulfide) groups is 1. The fourth-order valence-corrected chi connectivity index (χ4v) is 3.80.